The molecule has 6 heterocycles. The van der Waals surface area contributed by atoms with Gasteiger partial charge in [0.15, 0.2) is 27.2 Å². The molecule has 5 aliphatic heterocycles. The molecule has 2 aromatic carbocycles. The van der Waals surface area contributed by atoms with Crippen LogP contribution in [-0.2, 0) is 35.5 Å². The van der Waals surface area contributed by atoms with Gasteiger partial charge in [0.2, 0.25) is 0 Å². The van der Waals surface area contributed by atoms with Crippen molar-refractivity contribution < 1.29 is 61.8 Å². The number of sulfone groups is 1. The van der Waals surface area contributed by atoms with Gasteiger partial charge in [0, 0.05) is 46.9 Å². The molecular weight excluding hydrogens is 717 g/mol. The van der Waals surface area contributed by atoms with E-state index >= 15 is 0 Å². The first-order chi connectivity index (χ1) is 23.5. The van der Waals surface area contributed by atoms with Gasteiger partial charge in [0.05, 0.1) is 74.8 Å². The summed E-state index contributed by atoms with van der Waals surface area (Å²) in [6.07, 6.45) is 3.55. The van der Waals surface area contributed by atoms with E-state index in [2.05, 4.69) is 24.0 Å². The van der Waals surface area contributed by atoms with E-state index in [9.17, 15) is 27.6 Å². The average Bonchev–Trinajstić information content (AvgIpc) is 3.71. The molecule has 6 aliphatic rings. The van der Waals surface area contributed by atoms with Crippen molar-refractivity contribution in [1.82, 2.24) is 24.0 Å². The van der Waals surface area contributed by atoms with Crippen molar-refractivity contribution in [3.63, 3.8) is 0 Å². The first kappa shape index (κ1) is 39.3. The summed E-state index contributed by atoms with van der Waals surface area (Å²) in [7, 11) is -3.64. The first-order valence-corrected chi connectivity index (χ1v) is 19.2. The third-order valence-electron chi connectivity index (χ3n) is 8.94. The maximum absolute atomic E-state index is 12.9. The molecule has 13 nitrogen and oxygen atoms in total. The maximum atomic E-state index is 12.9. The third kappa shape index (κ3) is 9.38. The van der Waals surface area contributed by atoms with Gasteiger partial charge < -0.3 is 18.6 Å². The Morgan fingerprint density at radius 3 is 2.08 bits per heavy atom. The summed E-state index contributed by atoms with van der Waals surface area (Å²) in [6, 6.07) is 9.98. The number of carbonyl (C=O) groups excluding carboxylic acids is 3. The van der Waals surface area contributed by atoms with Gasteiger partial charge in [-0.15, -0.1) is 0 Å². The van der Waals surface area contributed by atoms with E-state index in [-0.39, 0.29) is 88.3 Å². The SMILES string of the molecule is C1N2CN3CN1CN(C2)C3.CS(=O)(=O)c1ccc(C(=O)C2C(=O)CCCC2=O)c(Cl)c1COCC1CCCO1.O=c1[n-]sc2ccccc12.[Na+]. The zero-order valence-electron chi connectivity index (χ0n) is 28.2. The van der Waals surface area contributed by atoms with Crippen LogP contribution in [0.25, 0.3) is 10.1 Å². The van der Waals surface area contributed by atoms with E-state index in [1.165, 1.54) is 63.7 Å². The molecule has 1 aromatic heterocycles. The smallest absolute Gasteiger partial charge is 0.576 e. The minimum atomic E-state index is -3.64. The number of Topliss-reactive ketones (excluding diaryl/α,β-unsaturated/α-hetero) is 3. The summed E-state index contributed by atoms with van der Waals surface area (Å²) in [4.78, 5) is 57.9. The Kier molecular flexibility index (Phi) is 13.6. The maximum Gasteiger partial charge on any atom is 1.00 e. The Hall–Kier alpha value is -1.86. The molecule has 1 atom stereocenters. The summed E-state index contributed by atoms with van der Waals surface area (Å²) in [5, 5.41) is 0.629. The summed E-state index contributed by atoms with van der Waals surface area (Å²) < 4.78 is 40.1. The van der Waals surface area contributed by atoms with E-state index in [1.54, 1.807) is 6.07 Å². The van der Waals surface area contributed by atoms with Crippen LogP contribution in [0.5, 0.6) is 0 Å². The number of rotatable bonds is 7. The molecule has 4 bridgehead atoms. The topological polar surface area (TPSA) is 148 Å². The van der Waals surface area contributed by atoms with Crippen molar-refractivity contribution in [2.24, 2.45) is 5.92 Å². The van der Waals surface area contributed by atoms with Crippen LogP contribution in [0.3, 0.4) is 0 Å². The number of nitrogens with zero attached hydrogens (tertiary/aromatic N) is 5. The fourth-order valence-electron chi connectivity index (χ4n) is 6.79. The molecule has 0 N–H and O–H groups in total. The van der Waals surface area contributed by atoms with Crippen LogP contribution >= 0.6 is 23.1 Å². The van der Waals surface area contributed by atoms with Crippen molar-refractivity contribution >= 4 is 60.4 Å². The van der Waals surface area contributed by atoms with Crippen LogP contribution in [0.4, 0.5) is 0 Å². The monoisotopic (exact) mass is 755 g/mol. The number of aromatic nitrogens is 1. The molecule has 3 aromatic rings. The van der Waals surface area contributed by atoms with Gasteiger partial charge in [-0.05, 0) is 37.5 Å². The van der Waals surface area contributed by atoms with Crippen molar-refractivity contribution in [1.29, 1.82) is 0 Å². The minimum absolute atomic E-state index is 0. The van der Waals surface area contributed by atoms with Gasteiger partial charge in [-0.1, -0.05) is 29.8 Å². The van der Waals surface area contributed by atoms with E-state index in [1.807, 2.05) is 18.2 Å². The van der Waals surface area contributed by atoms with Crippen LogP contribution < -0.4 is 39.5 Å². The minimum Gasteiger partial charge on any atom is -0.576 e. The molecule has 17 heteroatoms. The summed E-state index contributed by atoms with van der Waals surface area (Å²) in [5.74, 6) is -2.91. The molecule has 1 saturated carbocycles. The van der Waals surface area contributed by atoms with Gasteiger partial charge in [-0.2, -0.15) is 0 Å². The van der Waals surface area contributed by atoms with Crippen LogP contribution in [0.1, 0.15) is 48.0 Å². The zero-order valence-corrected chi connectivity index (χ0v) is 32.6. The Bertz CT molecular complexity index is 1810. The molecule has 50 heavy (non-hydrogen) atoms. The van der Waals surface area contributed by atoms with Crippen molar-refractivity contribution in [2.45, 2.75) is 49.7 Å². The predicted octanol–water partition coefficient (Wildman–Crippen LogP) is -0.237. The van der Waals surface area contributed by atoms with Crippen molar-refractivity contribution in [3.05, 3.63) is 62.9 Å². The number of hydrogen-bond acceptors (Lipinski definition) is 13. The van der Waals surface area contributed by atoms with Crippen molar-refractivity contribution in [2.75, 3.05) is 59.5 Å². The second-order valence-electron chi connectivity index (χ2n) is 12.9. The molecular formula is C33H39ClN5NaO8S2. The van der Waals surface area contributed by atoms with Crippen LogP contribution in [0.15, 0.2) is 46.1 Å². The number of carbonyl (C=O) groups is 3. The van der Waals surface area contributed by atoms with Gasteiger partial charge in [-0.25, -0.2) is 8.42 Å². The normalized spacial score (nSPS) is 25.8. The van der Waals surface area contributed by atoms with E-state index in [4.69, 9.17) is 21.1 Å². The van der Waals surface area contributed by atoms with Gasteiger partial charge in [0.1, 0.15) is 5.92 Å². The summed E-state index contributed by atoms with van der Waals surface area (Å²) in [5.41, 5.74) is -0.00213. The standard InChI is InChI=1S/C20H23ClO7S.C7H5NOS.C6H12N4.Na/c1-29(25,26)17-8-7-13(20(24)18-15(22)5-2-6-16(18)23)19(21)14(17)11-27-10-12-4-3-9-28-12;9-7-5-3-1-2-4-6(5)10-8-7;1-7-2-9-4-8(1)5-10(3-7)6-9;/h7-8,12,18H,2-6,9-11H2,1H3;1-4H,(H,8,9);1-6H2;/q;;;+1/p-1. The quantitative estimate of drug-likeness (QED) is 0.178. The number of hydrogen-bond donors (Lipinski definition) is 0. The zero-order chi connectivity index (χ0) is 34.7. The second-order valence-corrected chi connectivity index (χ2v) is 16.1. The average molecular weight is 756 g/mol. The molecule has 264 valence electrons. The molecule has 0 radical (unpaired) electrons. The fourth-order valence-corrected chi connectivity index (χ4v) is 8.76. The molecule has 0 amide bonds. The van der Waals surface area contributed by atoms with Crippen LogP contribution in [-0.4, -0.2) is 111 Å². The molecule has 0 spiro atoms. The number of halogens is 1. The summed E-state index contributed by atoms with van der Waals surface area (Å²) in [6.45, 7) is 7.93. The molecule has 1 aliphatic carbocycles. The number of ether oxygens (including phenoxy) is 2. The molecule has 5 saturated heterocycles. The molecule has 6 fully saturated rings. The third-order valence-corrected chi connectivity index (χ3v) is 11.4. The summed E-state index contributed by atoms with van der Waals surface area (Å²) >= 11 is 7.66. The largest absolute Gasteiger partial charge is 1.00 e. The molecule has 9 rings (SSSR count). The Balaban J connectivity index is 0.000000185. The number of fused-ring (bicyclic) bond motifs is 1. The van der Waals surface area contributed by atoms with Gasteiger partial charge >= 0.3 is 29.6 Å². The van der Waals surface area contributed by atoms with E-state index < -0.39 is 33.1 Å². The second kappa shape index (κ2) is 17.3. The van der Waals surface area contributed by atoms with Gasteiger partial charge in [-0.3, -0.25) is 45.5 Å². The Morgan fingerprint density at radius 1 is 0.940 bits per heavy atom. The molecule has 1 unspecified atom stereocenters. The predicted molar refractivity (Wildman–Crippen MR) is 183 cm³/mol. The van der Waals surface area contributed by atoms with E-state index in [0.29, 0.717) is 13.0 Å². The fraction of sp³-hybridized carbons (Fsp3) is 0.515. The number of ketones is 3. The Labute approximate surface area is 322 Å². The Morgan fingerprint density at radius 2 is 1.54 bits per heavy atom. The van der Waals surface area contributed by atoms with E-state index in [0.717, 1.165) is 29.2 Å². The van der Waals surface area contributed by atoms with Crippen LogP contribution in [0.2, 0.25) is 5.02 Å². The van der Waals surface area contributed by atoms with Crippen LogP contribution in [0, 0.1) is 5.92 Å². The first-order valence-electron chi connectivity index (χ1n) is 16.2. The van der Waals surface area contributed by atoms with Crippen molar-refractivity contribution in [3.8, 4) is 0 Å². The van der Waals surface area contributed by atoms with Gasteiger partial charge in [0.25, 0.3) is 0 Å². The number of benzene rings is 2.